The molecule has 82 valence electrons. The molecule has 0 spiro atoms. The maximum atomic E-state index is 5.91. The molecule has 0 saturated carbocycles. The fourth-order valence-corrected chi connectivity index (χ4v) is 1.79. The minimum absolute atomic E-state index is 0.527. The number of benzene rings is 1. The molecule has 2 nitrogen and oxygen atoms in total. The van der Waals surface area contributed by atoms with Gasteiger partial charge in [0.15, 0.2) is 0 Å². The first-order valence-electron chi connectivity index (χ1n) is 4.87. The molecule has 0 heterocycles. The van der Waals surface area contributed by atoms with Crippen molar-refractivity contribution in [3.05, 3.63) is 34.9 Å². The highest BCUT2D eigenvalue weighted by atomic mass is 35.5. The number of thiocarbonyl (C=S) groups is 1. The van der Waals surface area contributed by atoms with Gasteiger partial charge in [0.05, 0.1) is 4.99 Å². The van der Waals surface area contributed by atoms with Gasteiger partial charge in [-0.25, -0.2) is 0 Å². The van der Waals surface area contributed by atoms with Crippen LogP contribution in [0.4, 0.5) is 0 Å². The van der Waals surface area contributed by atoms with Crippen molar-refractivity contribution < 1.29 is 0 Å². The molecule has 0 unspecified atom stereocenters. The smallest absolute Gasteiger partial charge is 0.0870 e. The van der Waals surface area contributed by atoms with Gasteiger partial charge < -0.3 is 5.73 Å². The van der Waals surface area contributed by atoms with E-state index in [9.17, 15) is 0 Å². The number of hydrogen-bond donors (Lipinski definition) is 1. The molecule has 4 heteroatoms. The van der Waals surface area contributed by atoms with E-state index >= 15 is 0 Å². The molecule has 0 amide bonds. The lowest BCUT2D eigenvalue weighted by atomic mass is 10.2. The van der Waals surface area contributed by atoms with Crippen LogP contribution in [-0.4, -0.2) is 23.0 Å². The molecular weight excluding hydrogens is 228 g/mol. The van der Waals surface area contributed by atoms with Crippen LogP contribution < -0.4 is 5.73 Å². The second-order valence-electron chi connectivity index (χ2n) is 3.40. The Balaban J connectivity index is 2.62. The Labute approximate surface area is 101 Å². The van der Waals surface area contributed by atoms with Crippen molar-refractivity contribution in [3.63, 3.8) is 0 Å². The molecule has 0 bridgehead atoms. The van der Waals surface area contributed by atoms with Gasteiger partial charge in [0.2, 0.25) is 0 Å². The van der Waals surface area contributed by atoms with Crippen LogP contribution in [0.1, 0.15) is 12.5 Å². The Kier molecular flexibility index (Phi) is 5.02. The summed E-state index contributed by atoms with van der Waals surface area (Å²) in [6.07, 6.45) is 0. The second kappa shape index (κ2) is 6.05. The zero-order valence-electron chi connectivity index (χ0n) is 8.74. The highest BCUT2D eigenvalue weighted by Crippen LogP contribution is 2.12. The van der Waals surface area contributed by atoms with Crippen molar-refractivity contribution in [1.29, 1.82) is 0 Å². The lowest BCUT2D eigenvalue weighted by molar-refractivity contribution is 0.321. The SMILES string of the molecule is CCN(CC(N)=S)Cc1cccc(Cl)c1. The number of halogens is 1. The van der Waals surface area contributed by atoms with Gasteiger partial charge in [0, 0.05) is 18.1 Å². The van der Waals surface area contributed by atoms with Crippen LogP contribution in [0.2, 0.25) is 5.02 Å². The molecular formula is C11H15ClN2S. The largest absolute Gasteiger partial charge is 0.392 e. The minimum Gasteiger partial charge on any atom is -0.392 e. The van der Waals surface area contributed by atoms with Crippen molar-refractivity contribution in [2.24, 2.45) is 5.73 Å². The highest BCUT2D eigenvalue weighted by molar-refractivity contribution is 7.80. The Morgan fingerprint density at radius 3 is 2.80 bits per heavy atom. The van der Waals surface area contributed by atoms with Crippen LogP contribution in [-0.2, 0) is 6.54 Å². The van der Waals surface area contributed by atoms with Crippen molar-refractivity contribution in [2.75, 3.05) is 13.1 Å². The van der Waals surface area contributed by atoms with Crippen LogP contribution >= 0.6 is 23.8 Å². The average molecular weight is 243 g/mol. The Hall–Kier alpha value is -0.640. The van der Waals surface area contributed by atoms with Gasteiger partial charge in [0.25, 0.3) is 0 Å². The van der Waals surface area contributed by atoms with Crippen molar-refractivity contribution in [2.45, 2.75) is 13.5 Å². The molecule has 1 aromatic carbocycles. The molecule has 0 aliphatic rings. The molecule has 0 aliphatic heterocycles. The van der Waals surface area contributed by atoms with E-state index in [2.05, 4.69) is 11.8 Å². The summed E-state index contributed by atoms with van der Waals surface area (Å²) >= 11 is 10.8. The third kappa shape index (κ3) is 4.60. The molecule has 0 aromatic heterocycles. The summed E-state index contributed by atoms with van der Waals surface area (Å²) < 4.78 is 0. The molecule has 0 radical (unpaired) electrons. The third-order valence-electron chi connectivity index (χ3n) is 2.12. The quantitative estimate of drug-likeness (QED) is 0.805. The summed E-state index contributed by atoms with van der Waals surface area (Å²) in [6, 6.07) is 7.83. The van der Waals surface area contributed by atoms with E-state index in [1.807, 2.05) is 24.3 Å². The van der Waals surface area contributed by atoms with Crippen LogP contribution in [0.5, 0.6) is 0 Å². The molecule has 1 aromatic rings. The van der Waals surface area contributed by atoms with Crippen molar-refractivity contribution in [3.8, 4) is 0 Å². The molecule has 15 heavy (non-hydrogen) atoms. The summed E-state index contributed by atoms with van der Waals surface area (Å²) in [7, 11) is 0. The number of nitrogens with two attached hydrogens (primary N) is 1. The van der Waals surface area contributed by atoms with Gasteiger partial charge in [-0.05, 0) is 24.2 Å². The number of hydrogen-bond acceptors (Lipinski definition) is 2. The van der Waals surface area contributed by atoms with E-state index < -0.39 is 0 Å². The zero-order chi connectivity index (χ0) is 11.3. The van der Waals surface area contributed by atoms with Crippen molar-refractivity contribution in [1.82, 2.24) is 4.90 Å². The maximum absolute atomic E-state index is 5.91. The third-order valence-corrected chi connectivity index (χ3v) is 2.49. The van der Waals surface area contributed by atoms with Gasteiger partial charge in [-0.15, -0.1) is 0 Å². The lowest BCUT2D eigenvalue weighted by Crippen LogP contribution is -2.32. The normalized spacial score (nSPS) is 10.6. The first kappa shape index (κ1) is 12.4. The van der Waals surface area contributed by atoms with Crippen molar-refractivity contribution >= 4 is 28.8 Å². The summed E-state index contributed by atoms with van der Waals surface area (Å²) in [4.78, 5) is 2.70. The van der Waals surface area contributed by atoms with E-state index in [1.165, 1.54) is 5.56 Å². The summed E-state index contributed by atoms with van der Waals surface area (Å²) in [5.41, 5.74) is 6.70. The molecule has 0 fully saturated rings. The van der Waals surface area contributed by atoms with E-state index in [4.69, 9.17) is 29.6 Å². The second-order valence-corrected chi connectivity index (χ2v) is 4.36. The maximum Gasteiger partial charge on any atom is 0.0870 e. The zero-order valence-corrected chi connectivity index (χ0v) is 10.3. The van der Waals surface area contributed by atoms with Gasteiger partial charge in [-0.1, -0.05) is 42.9 Å². The number of nitrogens with zero attached hydrogens (tertiary/aromatic N) is 1. The molecule has 1 rings (SSSR count). The standard InChI is InChI=1S/C11H15ClN2S/c1-2-14(8-11(13)15)7-9-4-3-5-10(12)6-9/h3-6H,2,7-8H2,1H3,(H2,13,15). The highest BCUT2D eigenvalue weighted by Gasteiger charge is 2.04. The number of likely N-dealkylation sites (N-methyl/N-ethyl adjacent to an activating group) is 1. The molecule has 0 saturated heterocycles. The fraction of sp³-hybridized carbons (Fsp3) is 0.364. The van der Waals surface area contributed by atoms with Gasteiger partial charge in [-0.3, -0.25) is 4.90 Å². The van der Waals surface area contributed by atoms with Gasteiger partial charge in [-0.2, -0.15) is 0 Å². The summed E-state index contributed by atoms with van der Waals surface area (Å²) in [6.45, 7) is 4.49. The van der Waals surface area contributed by atoms with Crippen LogP contribution in [0.3, 0.4) is 0 Å². The Morgan fingerprint density at radius 1 is 1.53 bits per heavy atom. The Bertz CT molecular complexity index is 341. The van der Waals surface area contributed by atoms with Gasteiger partial charge in [0.1, 0.15) is 0 Å². The molecule has 2 N–H and O–H groups in total. The van der Waals surface area contributed by atoms with E-state index in [0.717, 1.165) is 18.1 Å². The van der Waals surface area contributed by atoms with Gasteiger partial charge >= 0.3 is 0 Å². The van der Waals surface area contributed by atoms with E-state index in [-0.39, 0.29) is 0 Å². The van der Waals surface area contributed by atoms with Crippen LogP contribution in [0.25, 0.3) is 0 Å². The molecule has 0 atom stereocenters. The average Bonchev–Trinajstić information content (AvgIpc) is 2.16. The summed E-state index contributed by atoms with van der Waals surface area (Å²) in [5.74, 6) is 0. The predicted octanol–water partition coefficient (Wildman–Crippen LogP) is 2.45. The Morgan fingerprint density at radius 2 is 2.27 bits per heavy atom. The van der Waals surface area contributed by atoms with Crippen LogP contribution in [0, 0.1) is 0 Å². The van der Waals surface area contributed by atoms with E-state index in [0.29, 0.717) is 11.5 Å². The first-order valence-corrected chi connectivity index (χ1v) is 5.65. The van der Waals surface area contributed by atoms with E-state index in [1.54, 1.807) is 0 Å². The predicted molar refractivity (Wildman–Crippen MR) is 69.2 cm³/mol. The molecule has 0 aliphatic carbocycles. The fourth-order valence-electron chi connectivity index (χ4n) is 1.39. The monoisotopic (exact) mass is 242 g/mol. The van der Waals surface area contributed by atoms with Crippen LogP contribution in [0.15, 0.2) is 24.3 Å². The summed E-state index contributed by atoms with van der Waals surface area (Å²) in [5, 5.41) is 0.763. The first-order chi connectivity index (χ1) is 7.11. The minimum atomic E-state index is 0.527. The number of rotatable bonds is 5. The lowest BCUT2D eigenvalue weighted by Gasteiger charge is -2.19. The topological polar surface area (TPSA) is 29.3 Å².